The van der Waals surface area contributed by atoms with E-state index in [2.05, 4.69) is 15.3 Å². The quantitative estimate of drug-likeness (QED) is 0.296. The molecule has 0 saturated carbocycles. The van der Waals surface area contributed by atoms with Crippen molar-refractivity contribution in [2.24, 2.45) is 0 Å². The van der Waals surface area contributed by atoms with Gasteiger partial charge in [0.1, 0.15) is 11.8 Å². The number of nitrogens with one attached hydrogen (secondary N) is 3. The molecule has 3 heterocycles. The van der Waals surface area contributed by atoms with Crippen LogP contribution in [0.1, 0.15) is 10.5 Å². The summed E-state index contributed by atoms with van der Waals surface area (Å²) >= 11 is 0. The van der Waals surface area contributed by atoms with Gasteiger partial charge in [-0.25, -0.2) is 14.4 Å². The maximum atomic E-state index is 13.3. The summed E-state index contributed by atoms with van der Waals surface area (Å²) in [6.07, 6.45) is 0.386. The highest BCUT2D eigenvalue weighted by atomic mass is 19.4. The zero-order valence-electron chi connectivity index (χ0n) is 18.3. The Hall–Kier alpha value is -4.80. The predicted octanol–water partition coefficient (Wildman–Crippen LogP) is 3.08. The minimum atomic E-state index is -5.19. The average molecular weight is 497 g/mol. The fraction of sp³-hybridized carbons (Fsp3) is 0.0400. The summed E-state index contributed by atoms with van der Waals surface area (Å²) in [5.41, 5.74) is 2.68. The van der Waals surface area contributed by atoms with E-state index < -0.39 is 12.1 Å². The highest BCUT2D eigenvalue weighted by Gasteiger charge is 2.29. The van der Waals surface area contributed by atoms with Crippen molar-refractivity contribution in [2.45, 2.75) is 6.18 Å². The number of carbonyl (C=O) groups is 2. The van der Waals surface area contributed by atoms with Gasteiger partial charge in [-0.2, -0.15) is 17.6 Å². The Balaban J connectivity index is 0.000000384. The molecule has 0 aliphatic heterocycles. The number of amides is 1. The molecule has 0 spiro atoms. The average Bonchev–Trinajstić information content (AvgIpc) is 3.24. The summed E-state index contributed by atoms with van der Waals surface area (Å²) < 4.78 is 46.8. The van der Waals surface area contributed by atoms with E-state index in [4.69, 9.17) is 9.90 Å². The van der Waals surface area contributed by atoms with E-state index in [9.17, 15) is 22.4 Å². The van der Waals surface area contributed by atoms with E-state index in [-0.39, 0.29) is 11.7 Å². The predicted molar refractivity (Wildman–Crippen MR) is 119 cm³/mol. The van der Waals surface area contributed by atoms with E-state index in [1.165, 1.54) is 12.1 Å². The third kappa shape index (κ3) is 5.14. The van der Waals surface area contributed by atoms with Gasteiger partial charge in [0.05, 0.1) is 11.8 Å². The number of aromatic nitrogens is 3. The monoisotopic (exact) mass is 497 g/mol. The van der Waals surface area contributed by atoms with E-state index in [0.717, 1.165) is 27.5 Å². The molecular weight excluding hydrogens is 480 g/mol. The Morgan fingerprint density at radius 3 is 2.39 bits per heavy atom. The zero-order chi connectivity index (χ0) is 25.9. The number of hydrogen-bond acceptors (Lipinski definition) is 3. The van der Waals surface area contributed by atoms with E-state index >= 15 is 0 Å². The number of imidazole rings is 1. The molecule has 2 aromatic carbocycles. The van der Waals surface area contributed by atoms with Gasteiger partial charge in [0.15, 0.2) is 17.9 Å². The van der Waals surface area contributed by atoms with Gasteiger partial charge in [0.25, 0.3) is 11.7 Å². The van der Waals surface area contributed by atoms with Crippen LogP contribution in [0.4, 0.5) is 23.2 Å². The van der Waals surface area contributed by atoms with Crippen LogP contribution < -0.4 is 19.8 Å². The number of carboxylic acids is 1. The number of H-pyrrole nitrogens is 2. The minimum absolute atomic E-state index is 0.248. The van der Waals surface area contributed by atoms with Gasteiger partial charge >= 0.3 is 6.18 Å². The lowest BCUT2D eigenvalue weighted by molar-refractivity contribution is -0.498. The lowest BCUT2D eigenvalue weighted by atomic mass is 10.1. The Labute approximate surface area is 200 Å². The number of halogens is 4. The first-order valence-corrected chi connectivity index (χ1v) is 10.4. The molecule has 0 atom stereocenters. The third-order valence-electron chi connectivity index (χ3n) is 5.15. The highest BCUT2D eigenvalue weighted by molar-refractivity contribution is 6.10. The van der Waals surface area contributed by atoms with Crippen LogP contribution in [0.15, 0.2) is 85.3 Å². The largest absolute Gasteiger partial charge is 0.542 e. The number of alkyl halides is 3. The number of rotatable bonds is 3. The number of pyridine rings is 2. The van der Waals surface area contributed by atoms with Gasteiger partial charge in [-0.1, -0.05) is 12.1 Å². The van der Waals surface area contributed by atoms with Crippen molar-refractivity contribution >= 4 is 33.9 Å². The zero-order valence-corrected chi connectivity index (χ0v) is 18.3. The van der Waals surface area contributed by atoms with Gasteiger partial charge in [0, 0.05) is 22.5 Å². The fourth-order valence-corrected chi connectivity index (χ4v) is 3.53. The summed E-state index contributed by atoms with van der Waals surface area (Å²) in [6, 6.07) is 19.5. The van der Waals surface area contributed by atoms with Crippen LogP contribution in [0, 0.1) is 5.82 Å². The van der Waals surface area contributed by atoms with E-state index in [0.29, 0.717) is 11.5 Å². The number of aliphatic carboxylic acids is 1. The second kappa shape index (κ2) is 9.82. The smallest absolute Gasteiger partial charge is 0.430 e. The number of anilines is 1. The Morgan fingerprint density at radius 2 is 1.69 bits per heavy atom. The van der Waals surface area contributed by atoms with Crippen molar-refractivity contribution in [3.8, 4) is 11.4 Å². The molecule has 3 aromatic heterocycles. The number of nitrogens with zero attached hydrogens (tertiary/aromatic N) is 1. The maximum absolute atomic E-state index is 13.3. The molecule has 7 nitrogen and oxygen atoms in total. The SMILES string of the molecule is O=C(Nc1cccc2c[nH+]ccc12)c1[nH]c(-c2ccc(F)cc2)[n+]2ccccc12.O=C([O-])C(F)(F)F. The molecule has 1 amide bonds. The lowest BCUT2D eigenvalue weighted by Gasteiger charge is -2.05. The van der Waals surface area contributed by atoms with Gasteiger partial charge in [-0.3, -0.25) is 4.79 Å². The first-order chi connectivity index (χ1) is 17.1. The first-order valence-electron chi connectivity index (χ1n) is 10.4. The molecule has 0 radical (unpaired) electrons. The van der Waals surface area contributed by atoms with E-state index in [1.807, 2.05) is 65.5 Å². The van der Waals surface area contributed by atoms with Crippen molar-refractivity contribution in [1.29, 1.82) is 0 Å². The number of benzene rings is 2. The van der Waals surface area contributed by atoms with Crippen LogP contribution in [0.25, 0.3) is 27.7 Å². The number of aromatic amines is 2. The number of carbonyl (C=O) groups excluding carboxylic acids is 2. The molecule has 0 saturated heterocycles. The maximum Gasteiger partial charge on any atom is 0.430 e. The van der Waals surface area contributed by atoms with Crippen molar-refractivity contribution in [1.82, 2.24) is 4.98 Å². The molecule has 5 aromatic rings. The molecule has 182 valence electrons. The summed E-state index contributed by atoms with van der Waals surface area (Å²) in [4.78, 5) is 28.2. The molecule has 3 N–H and O–H groups in total. The van der Waals surface area contributed by atoms with Crippen LogP contribution in [-0.2, 0) is 4.79 Å². The minimum Gasteiger partial charge on any atom is -0.542 e. The Kier molecular flexibility index (Phi) is 6.64. The fourth-order valence-electron chi connectivity index (χ4n) is 3.53. The molecule has 36 heavy (non-hydrogen) atoms. The van der Waals surface area contributed by atoms with Crippen molar-refractivity contribution < 1.29 is 41.6 Å². The van der Waals surface area contributed by atoms with Crippen molar-refractivity contribution in [2.75, 3.05) is 5.32 Å². The molecule has 0 fully saturated rings. The van der Waals surface area contributed by atoms with Gasteiger partial charge in [0.2, 0.25) is 5.69 Å². The second-order valence-corrected chi connectivity index (χ2v) is 7.50. The second-order valence-electron chi connectivity index (χ2n) is 7.50. The van der Waals surface area contributed by atoms with Crippen LogP contribution in [0.3, 0.4) is 0 Å². The first kappa shape index (κ1) is 24.3. The van der Waals surface area contributed by atoms with Crippen LogP contribution in [0.5, 0.6) is 0 Å². The van der Waals surface area contributed by atoms with Crippen LogP contribution in [0.2, 0.25) is 0 Å². The summed E-state index contributed by atoms with van der Waals surface area (Å²) in [5, 5.41) is 13.7. The Morgan fingerprint density at radius 1 is 0.972 bits per heavy atom. The normalized spacial score (nSPS) is 11.1. The molecule has 0 bridgehead atoms. The summed E-state index contributed by atoms with van der Waals surface area (Å²) in [7, 11) is 0. The highest BCUT2D eigenvalue weighted by Crippen LogP contribution is 2.23. The topological polar surface area (TPSA) is 103 Å². The van der Waals surface area contributed by atoms with Crippen LogP contribution in [-0.4, -0.2) is 23.0 Å². The summed E-state index contributed by atoms with van der Waals surface area (Å²) in [5.74, 6) is -2.85. The number of fused-ring (bicyclic) bond motifs is 2. The standard InChI is InChI=1S/C23H15FN4O.C2HF3O2/c24-17-9-7-15(8-10-17)22-27-21(20-6-1-2-13-28(20)22)23(29)26-19-5-3-4-16-14-25-12-11-18(16)19;3-2(4,5)1(6)7/h1-14H,(H,26,29);(H,6,7)/p+1. The van der Waals surface area contributed by atoms with Gasteiger partial charge in [-0.15, -0.1) is 0 Å². The Bertz CT molecular complexity index is 1560. The molecule has 5 rings (SSSR count). The molecular formula is C25H17F4N4O3+. The molecule has 0 unspecified atom stereocenters. The van der Waals surface area contributed by atoms with Gasteiger partial charge < -0.3 is 15.2 Å². The number of hydrogen-bond donors (Lipinski definition) is 2. The van der Waals surface area contributed by atoms with Crippen LogP contribution >= 0.6 is 0 Å². The van der Waals surface area contributed by atoms with E-state index in [1.54, 1.807) is 12.1 Å². The third-order valence-corrected chi connectivity index (χ3v) is 5.15. The molecule has 0 aliphatic rings. The number of carboxylic acid groups (broad SMARTS) is 1. The van der Waals surface area contributed by atoms with Crippen molar-refractivity contribution in [3.05, 3.63) is 96.8 Å². The molecule has 0 aliphatic carbocycles. The van der Waals surface area contributed by atoms with Crippen molar-refractivity contribution in [3.63, 3.8) is 0 Å². The summed E-state index contributed by atoms with van der Waals surface area (Å²) in [6.45, 7) is 0. The lowest BCUT2D eigenvalue weighted by Crippen LogP contribution is -2.37. The molecule has 11 heteroatoms. The van der Waals surface area contributed by atoms with Gasteiger partial charge in [-0.05, 0) is 48.5 Å².